The van der Waals surface area contributed by atoms with Gasteiger partial charge < -0.3 is 5.32 Å². The van der Waals surface area contributed by atoms with Crippen molar-refractivity contribution in [3.05, 3.63) is 33.8 Å². The highest BCUT2D eigenvalue weighted by Crippen LogP contribution is 2.28. The fraction of sp³-hybridized carbons (Fsp3) is 0.588. The van der Waals surface area contributed by atoms with Crippen LogP contribution in [-0.2, 0) is 5.41 Å². The smallest absolute Gasteiger partial charge is 0.0671 e. The lowest BCUT2D eigenvalue weighted by Gasteiger charge is -2.28. The molecule has 1 aromatic rings. The molecule has 0 spiro atoms. The Hall–Kier alpha value is -0.850. The average Bonchev–Trinajstić information content (AvgIpc) is 2.37. The molecule has 1 unspecified atom stereocenters. The number of hydrogen-bond acceptors (Lipinski definition) is 2. The molecule has 20 heavy (non-hydrogen) atoms. The second-order valence-corrected chi connectivity index (χ2v) is 7.37. The van der Waals surface area contributed by atoms with Crippen molar-refractivity contribution in [3.63, 3.8) is 0 Å². The van der Waals surface area contributed by atoms with E-state index in [0.29, 0.717) is 5.92 Å². The Kier molecular flexibility index (Phi) is 6.23. The normalized spacial score (nSPS) is 13.3. The van der Waals surface area contributed by atoms with E-state index in [1.807, 2.05) is 0 Å². The van der Waals surface area contributed by atoms with E-state index in [4.69, 9.17) is 5.26 Å². The minimum atomic E-state index is 0.0465. The Morgan fingerprint density at radius 2 is 2.00 bits per heavy atom. The monoisotopic (exact) mass is 336 g/mol. The van der Waals surface area contributed by atoms with Crippen LogP contribution >= 0.6 is 15.9 Å². The third kappa shape index (κ3) is 4.61. The molecule has 1 N–H and O–H groups in total. The van der Waals surface area contributed by atoms with Gasteiger partial charge in [-0.1, -0.05) is 49.7 Å². The van der Waals surface area contributed by atoms with Crippen LogP contribution in [-0.4, -0.2) is 13.1 Å². The predicted molar refractivity (Wildman–Crippen MR) is 88.7 cm³/mol. The highest BCUT2D eigenvalue weighted by molar-refractivity contribution is 9.10. The van der Waals surface area contributed by atoms with Gasteiger partial charge in [0, 0.05) is 23.0 Å². The minimum absolute atomic E-state index is 0.0465. The molecule has 0 amide bonds. The molecular weight excluding hydrogens is 312 g/mol. The van der Waals surface area contributed by atoms with Gasteiger partial charge in [-0.2, -0.15) is 5.26 Å². The van der Waals surface area contributed by atoms with Crippen molar-refractivity contribution in [2.75, 3.05) is 13.1 Å². The van der Waals surface area contributed by atoms with Crippen molar-refractivity contribution in [2.24, 2.45) is 11.8 Å². The number of aryl methyl sites for hydroxylation is 1. The Morgan fingerprint density at radius 3 is 2.55 bits per heavy atom. The summed E-state index contributed by atoms with van der Waals surface area (Å²) in [4.78, 5) is 0. The van der Waals surface area contributed by atoms with Crippen LogP contribution in [0.2, 0.25) is 0 Å². The van der Waals surface area contributed by atoms with E-state index in [9.17, 15) is 0 Å². The summed E-state index contributed by atoms with van der Waals surface area (Å²) >= 11 is 3.55. The number of nitrogens with zero attached hydrogens (tertiary/aromatic N) is 1. The van der Waals surface area contributed by atoms with Crippen LogP contribution in [0.1, 0.15) is 38.8 Å². The van der Waals surface area contributed by atoms with Gasteiger partial charge in [0.05, 0.1) is 12.0 Å². The SMILES string of the molecule is Cc1ccc(Br)cc1C(C)(C)CNCC(C#N)C(C)C. The Balaban J connectivity index is 2.71. The van der Waals surface area contributed by atoms with E-state index in [1.54, 1.807) is 0 Å². The van der Waals surface area contributed by atoms with Gasteiger partial charge in [0.1, 0.15) is 0 Å². The summed E-state index contributed by atoms with van der Waals surface area (Å²) in [7, 11) is 0. The molecule has 0 saturated heterocycles. The predicted octanol–water partition coefficient (Wildman–Crippen LogP) is 4.42. The highest BCUT2D eigenvalue weighted by atomic mass is 79.9. The van der Waals surface area contributed by atoms with Crippen LogP contribution in [0.25, 0.3) is 0 Å². The number of nitriles is 1. The van der Waals surface area contributed by atoms with Gasteiger partial charge in [0.2, 0.25) is 0 Å². The molecule has 1 atom stereocenters. The number of benzene rings is 1. The van der Waals surface area contributed by atoms with Crippen molar-refractivity contribution in [1.29, 1.82) is 5.26 Å². The molecule has 110 valence electrons. The van der Waals surface area contributed by atoms with E-state index in [0.717, 1.165) is 17.6 Å². The van der Waals surface area contributed by atoms with E-state index in [-0.39, 0.29) is 11.3 Å². The second-order valence-electron chi connectivity index (χ2n) is 6.45. The molecule has 0 bridgehead atoms. The highest BCUT2D eigenvalue weighted by Gasteiger charge is 2.23. The van der Waals surface area contributed by atoms with Gasteiger partial charge in [-0.15, -0.1) is 0 Å². The Labute approximate surface area is 131 Å². The summed E-state index contributed by atoms with van der Waals surface area (Å²) in [5.41, 5.74) is 2.70. The summed E-state index contributed by atoms with van der Waals surface area (Å²) in [6.07, 6.45) is 0. The van der Waals surface area contributed by atoms with Crippen LogP contribution < -0.4 is 5.32 Å². The van der Waals surface area contributed by atoms with Crippen molar-refractivity contribution < 1.29 is 0 Å². The summed E-state index contributed by atoms with van der Waals surface area (Å²) in [6.45, 7) is 12.4. The van der Waals surface area contributed by atoms with Gasteiger partial charge in [-0.05, 0) is 36.1 Å². The number of hydrogen-bond donors (Lipinski definition) is 1. The molecule has 0 saturated carbocycles. The van der Waals surface area contributed by atoms with Crippen molar-refractivity contribution in [3.8, 4) is 6.07 Å². The summed E-state index contributed by atoms with van der Waals surface area (Å²) < 4.78 is 1.11. The molecule has 2 nitrogen and oxygen atoms in total. The summed E-state index contributed by atoms with van der Waals surface area (Å²) in [5, 5.41) is 12.6. The minimum Gasteiger partial charge on any atom is -0.315 e. The summed E-state index contributed by atoms with van der Waals surface area (Å²) in [6, 6.07) is 8.80. The second kappa shape index (κ2) is 7.24. The topological polar surface area (TPSA) is 35.8 Å². The van der Waals surface area contributed by atoms with Gasteiger partial charge in [-0.25, -0.2) is 0 Å². The number of nitrogens with one attached hydrogen (secondary N) is 1. The molecule has 0 aliphatic carbocycles. The maximum Gasteiger partial charge on any atom is 0.0671 e. The molecule has 0 radical (unpaired) electrons. The standard InChI is InChI=1S/C17H25BrN2/c1-12(2)14(9-19)10-20-11-17(4,5)16-8-15(18)7-6-13(16)3/h6-8,12,14,20H,10-11H2,1-5H3. The van der Waals surface area contributed by atoms with Crippen molar-refractivity contribution in [2.45, 2.75) is 40.0 Å². The molecule has 0 aromatic heterocycles. The quantitative estimate of drug-likeness (QED) is 0.834. The molecular formula is C17H25BrN2. The third-order valence-electron chi connectivity index (χ3n) is 3.83. The van der Waals surface area contributed by atoms with E-state index in [2.05, 4.69) is 80.1 Å². The van der Waals surface area contributed by atoms with Gasteiger partial charge in [0.25, 0.3) is 0 Å². The number of rotatable bonds is 6. The summed E-state index contributed by atoms with van der Waals surface area (Å²) in [5.74, 6) is 0.470. The Morgan fingerprint density at radius 1 is 1.35 bits per heavy atom. The van der Waals surface area contributed by atoms with E-state index < -0.39 is 0 Å². The zero-order chi connectivity index (χ0) is 15.3. The molecule has 0 fully saturated rings. The fourth-order valence-corrected chi connectivity index (χ4v) is 2.75. The van der Waals surface area contributed by atoms with E-state index in [1.165, 1.54) is 11.1 Å². The zero-order valence-electron chi connectivity index (χ0n) is 13.1. The van der Waals surface area contributed by atoms with Crippen LogP contribution in [0, 0.1) is 30.1 Å². The lowest BCUT2D eigenvalue weighted by molar-refractivity contribution is 0.401. The third-order valence-corrected chi connectivity index (χ3v) is 4.32. The van der Waals surface area contributed by atoms with Crippen molar-refractivity contribution >= 4 is 15.9 Å². The largest absolute Gasteiger partial charge is 0.315 e. The first-order valence-corrected chi connectivity index (χ1v) is 7.94. The van der Waals surface area contributed by atoms with Crippen LogP contribution in [0.5, 0.6) is 0 Å². The van der Waals surface area contributed by atoms with Crippen LogP contribution in [0.3, 0.4) is 0 Å². The van der Waals surface area contributed by atoms with Crippen LogP contribution in [0.15, 0.2) is 22.7 Å². The molecule has 0 heterocycles. The molecule has 1 aromatic carbocycles. The molecule has 0 aliphatic heterocycles. The van der Waals surface area contributed by atoms with Crippen molar-refractivity contribution in [1.82, 2.24) is 5.32 Å². The Bertz CT molecular complexity index is 486. The van der Waals surface area contributed by atoms with Gasteiger partial charge >= 0.3 is 0 Å². The first kappa shape index (κ1) is 17.2. The molecule has 3 heteroatoms. The average molecular weight is 337 g/mol. The maximum absolute atomic E-state index is 9.13. The maximum atomic E-state index is 9.13. The lowest BCUT2D eigenvalue weighted by atomic mass is 9.82. The van der Waals surface area contributed by atoms with E-state index >= 15 is 0 Å². The number of halogens is 1. The van der Waals surface area contributed by atoms with Gasteiger partial charge in [0.15, 0.2) is 0 Å². The fourth-order valence-electron chi connectivity index (χ4n) is 2.39. The zero-order valence-corrected chi connectivity index (χ0v) is 14.7. The molecule has 1 rings (SSSR count). The molecule has 0 aliphatic rings. The first-order valence-electron chi connectivity index (χ1n) is 7.15. The van der Waals surface area contributed by atoms with Crippen LogP contribution in [0.4, 0.5) is 0 Å². The first-order chi connectivity index (χ1) is 9.27. The van der Waals surface area contributed by atoms with Gasteiger partial charge in [-0.3, -0.25) is 0 Å². The lowest BCUT2D eigenvalue weighted by Crippen LogP contribution is -2.36.